The molecule has 1 saturated heterocycles. The van der Waals surface area contributed by atoms with Gasteiger partial charge in [0.15, 0.2) is 11.6 Å². The predicted octanol–water partition coefficient (Wildman–Crippen LogP) is 0.700. The maximum Gasteiger partial charge on any atom is 0.223 e. The van der Waals surface area contributed by atoms with Crippen LogP contribution in [0.4, 0.5) is 5.82 Å². The summed E-state index contributed by atoms with van der Waals surface area (Å²) in [5.74, 6) is 3.21. The van der Waals surface area contributed by atoms with Crippen molar-refractivity contribution in [3.63, 3.8) is 0 Å². The number of anilines is 1. The lowest BCUT2D eigenvalue weighted by Crippen LogP contribution is -2.46. The van der Waals surface area contributed by atoms with Crippen LogP contribution in [0.1, 0.15) is 24.5 Å². The Morgan fingerprint density at radius 2 is 2.00 bits per heavy atom. The Morgan fingerprint density at radius 3 is 2.71 bits per heavy atom. The van der Waals surface area contributed by atoms with E-state index < -0.39 is 0 Å². The second kappa shape index (κ2) is 6.16. The van der Waals surface area contributed by atoms with Gasteiger partial charge < -0.3 is 9.42 Å². The smallest absolute Gasteiger partial charge is 0.223 e. The minimum absolute atomic E-state index is 0.609. The lowest BCUT2D eigenvalue weighted by molar-refractivity contribution is 0.239. The first-order chi connectivity index (χ1) is 11.7. The van der Waals surface area contributed by atoms with E-state index in [1.165, 1.54) is 0 Å². The Labute approximate surface area is 139 Å². The molecule has 126 valence electrons. The summed E-state index contributed by atoms with van der Waals surface area (Å²) in [6, 6.07) is 0. The SMILES string of the molecule is CCc1nnc2c(N3CCN(Cc4noc(C)n4)CC3)nccn12. The van der Waals surface area contributed by atoms with Crippen molar-refractivity contribution in [2.24, 2.45) is 0 Å². The molecule has 0 bridgehead atoms. The molecule has 9 nitrogen and oxygen atoms in total. The molecule has 1 fully saturated rings. The third kappa shape index (κ3) is 2.71. The largest absolute Gasteiger partial charge is 0.351 e. The zero-order chi connectivity index (χ0) is 16.5. The molecule has 3 aromatic rings. The number of hydrogen-bond donors (Lipinski definition) is 0. The van der Waals surface area contributed by atoms with E-state index in [-0.39, 0.29) is 0 Å². The van der Waals surface area contributed by atoms with Crippen LogP contribution in [0.2, 0.25) is 0 Å². The minimum Gasteiger partial charge on any atom is -0.351 e. The first kappa shape index (κ1) is 15.0. The number of aromatic nitrogens is 6. The number of nitrogens with zero attached hydrogens (tertiary/aromatic N) is 8. The van der Waals surface area contributed by atoms with Crippen LogP contribution in [0.3, 0.4) is 0 Å². The molecule has 0 unspecified atom stereocenters. The normalized spacial score (nSPS) is 16.2. The van der Waals surface area contributed by atoms with Gasteiger partial charge in [-0.05, 0) is 0 Å². The molecular formula is C15H20N8O. The van der Waals surface area contributed by atoms with E-state index in [4.69, 9.17) is 4.52 Å². The third-order valence-electron chi connectivity index (χ3n) is 4.30. The second-order valence-electron chi connectivity index (χ2n) is 5.91. The Hall–Kier alpha value is -2.55. The molecule has 9 heteroatoms. The van der Waals surface area contributed by atoms with Crippen molar-refractivity contribution in [3.05, 3.63) is 29.9 Å². The molecule has 0 atom stereocenters. The van der Waals surface area contributed by atoms with E-state index >= 15 is 0 Å². The lowest BCUT2D eigenvalue weighted by Gasteiger charge is -2.34. The Balaban J connectivity index is 1.47. The first-order valence-electron chi connectivity index (χ1n) is 8.19. The highest BCUT2D eigenvalue weighted by Crippen LogP contribution is 2.19. The summed E-state index contributed by atoms with van der Waals surface area (Å²) >= 11 is 0. The maximum absolute atomic E-state index is 5.03. The van der Waals surface area contributed by atoms with E-state index in [0.717, 1.165) is 55.7 Å². The van der Waals surface area contributed by atoms with Gasteiger partial charge in [0.05, 0.1) is 6.54 Å². The number of piperazine rings is 1. The molecule has 0 radical (unpaired) electrons. The van der Waals surface area contributed by atoms with Gasteiger partial charge in [0.2, 0.25) is 11.5 Å². The number of fused-ring (bicyclic) bond motifs is 1. The van der Waals surface area contributed by atoms with Crippen molar-refractivity contribution >= 4 is 11.5 Å². The van der Waals surface area contributed by atoms with Crippen LogP contribution in [0.15, 0.2) is 16.9 Å². The van der Waals surface area contributed by atoms with E-state index in [1.54, 1.807) is 0 Å². The van der Waals surface area contributed by atoms with Gasteiger partial charge in [-0.15, -0.1) is 10.2 Å². The van der Waals surface area contributed by atoms with Gasteiger partial charge in [-0.3, -0.25) is 9.30 Å². The summed E-state index contributed by atoms with van der Waals surface area (Å²) in [5, 5.41) is 12.5. The number of rotatable bonds is 4. The van der Waals surface area contributed by atoms with Crippen LogP contribution in [-0.2, 0) is 13.0 Å². The molecule has 4 rings (SSSR count). The summed E-state index contributed by atoms with van der Waals surface area (Å²) in [7, 11) is 0. The van der Waals surface area contributed by atoms with Crippen molar-refractivity contribution < 1.29 is 4.52 Å². The van der Waals surface area contributed by atoms with E-state index in [0.29, 0.717) is 12.4 Å². The highest BCUT2D eigenvalue weighted by atomic mass is 16.5. The van der Waals surface area contributed by atoms with Gasteiger partial charge in [0.25, 0.3) is 0 Å². The summed E-state index contributed by atoms with van der Waals surface area (Å²) in [6.07, 6.45) is 4.59. The van der Waals surface area contributed by atoms with E-state index in [2.05, 4.69) is 42.0 Å². The minimum atomic E-state index is 0.609. The van der Waals surface area contributed by atoms with Crippen LogP contribution >= 0.6 is 0 Å². The highest BCUT2D eigenvalue weighted by molar-refractivity contribution is 5.64. The monoisotopic (exact) mass is 328 g/mol. The van der Waals surface area contributed by atoms with Crippen LogP contribution in [-0.4, -0.2) is 60.8 Å². The van der Waals surface area contributed by atoms with Crippen LogP contribution < -0.4 is 4.90 Å². The van der Waals surface area contributed by atoms with Gasteiger partial charge in [-0.1, -0.05) is 12.1 Å². The average Bonchev–Trinajstić information content (AvgIpc) is 3.21. The molecule has 0 spiro atoms. The van der Waals surface area contributed by atoms with Crippen molar-refractivity contribution in [1.29, 1.82) is 0 Å². The summed E-state index contributed by atoms with van der Waals surface area (Å²) < 4.78 is 7.06. The molecule has 0 aromatic carbocycles. The van der Waals surface area contributed by atoms with Crippen LogP contribution in [0.5, 0.6) is 0 Å². The molecule has 4 heterocycles. The molecule has 3 aromatic heterocycles. The number of aryl methyl sites for hydroxylation is 2. The summed E-state index contributed by atoms with van der Waals surface area (Å²) in [4.78, 5) is 13.4. The molecule has 0 N–H and O–H groups in total. The molecule has 0 aliphatic carbocycles. The summed E-state index contributed by atoms with van der Waals surface area (Å²) in [6.45, 7) is 8.22. The van der Waals surface area contributed by atoms with Crippen molar-refractivity contribution in [2.45, 2.75) is 26.8 Å². The maximum atomic E-state index is 5.03. The molecule has 1 aliphatic heterocycles. The quantitative estimate of drug-likeness (QED) is 0.691. The summed E-state index contributed by atoms with van der Waals surface area (Å²) in [5.41, 5.74) is 0.830. The number of hydrogen-bond acceptors (Lipinski definition) is 8. The van der Waals surface area contributed by atoms with Gasteiger partial charge in [-0.2, -0.15) is 4.98 Å². The van der Waals surface area contributed by atoms with Gasteiger partial charge in [0.1, 0.15) is 5.82 Å². The highest BCUT2D eigenvalue weighted by Gasteiger charge is 2.22. The van der Waals surface area contributed by atoms with Gasteiger partial charge in [0, 0.05) is 51.9 Å². The first-order valence-corrected chi connectivity index (χ1v) is 8.19. The van der Waals surface area contributed by atoms with Gasteiger partial charge >= 0.3 is 0 Å². The Morgan fingerprint density at radius 1 is 1.17 bits per heavy atom. The topological polar surface area (TPSA) is 88.5 Å². The van der Waals surface area contributed by atoms with E-state index in [9.17, 15) is 0 Å². The lowest BCUT2D eigenvalue weighted by atomic mass is 10.3. The molecule has 1 aliphatic rings. The van der Waals surface area contributed by atoms with E-state index in [1.807, 2.05) is 23.7 Å². The second-order valence-corrected chi connectivity index (χ2v) is 5.91. The van der Waals surface area contributed by atoms with Crippen LogP contribution in [0.25, 0.3) is 5.65 Å². The van der Waals surface area contributed by atoms with Crippen molar-refractivity contribution in [1.82, 2.24) is 34.6 Å². The fourth-order valence-electron chi connectivity index (χ4n) is 3.05. The Kier molecular flexibility index (Phi) is 3.85. The molecule has 24 heavy (non-hydrogen) atoms. The van der Waals surface area contributed by atoms with Crippen molar-refractivity contribution in [3.8, 4) is 0 Å². The molecular weight excluding hydrogens is 308 g/mol. The zero-order valence-electron chi connectivity index (χ0n) is 13.9. The zero-order valence-corrected chi connectivity index (χ0v) is 13.9. The van der Waals surface area contributed by atoms with Gasteiger partial charge in [-0.25, -0.2) is 4.98 Å². The predicted molar refractivity (Wildman–Crippen MR) is 86.7 cm³/mol. The average molecular weight is 328 g/mol. The third-order valence-corrected chi connectivity index (χ3v) is 4.30. The fourth-order valence-corrected chi connectivity index (χ4v) is 3.05. The molecule has 0 amide bonds. The molecule has 0 saturated carbocycles. The Bertz CT molecular complexity index is 833. The fraction of sp³-hybridized carbons (Fsp3) is 0.533. The van der Waals surface area contributed by atoms with Crippen LogP contribution in [0, 0.1) is 6.92 Å². The van der Waals surface area contributed by atoms with Crippen molar-refractivity contribution in [2.75, 3.05) is 31.1 Å². The standard InChI is InChI=1S/C15H20N8O/c1-3-13-18-19-15-14(16-4-5-23(13)15)22-8-6-21(7-9-22)10-12-17-11(2)24-20-12/h4-5H,3,6-10H2,1-2H3.